The van der Waals surface area contributed by atoms with Crippen LogP contribution in [0.5, 0.6) is 17.2 Å². The maximum Gasteiger partial charge on any atom is 0.185 e. The molecule has 0 radical (unpaired) electrons. The van der Waals surface area contributed by atoms with Gasteiger partial charge in [-0.15, -0.1) is 0 Å². The first-order chi connectivity index (χ1) is 12.7. The van der Waals surface area contributed by atoms with E-state index in [0.717, 1.165) is 15.8 Å². The van der Waals surface area contributed by atoms with Crippen molar-refractivity contribution in [3.8, 4) is 17.2 Å². The number of allylic oxidation sites excluding steroid dienone is 1. The normalized spacial score (nSPS) is 10.7. The van der Waals surface area contributed by atoms with Gasteiger partial charge in [-0.05, 0) is 60.2 Å². The molecule has 0 atom stereocenters. The summed E-state index contributed by atoms with van der Waals surface area (Å²) in [4.78, 5) is 12.2. The van der Waals surface area contributed by atoms with E-state index in [1.54, 1.807) is 31.4 Å². The summed E-state index contributed by atoms with van der Waals surface area (Å²) in [6.07, 6.45) is 3.31. The Morgan fingerprint density at radius 3 is 2.35 bits per heavy atom. The zero-order chi connectivity index (χ0) is 18.4. The average Bonchev–Trinajstić information content (AvgIpc) is 2.68. The molecule has 0 N–H and O–H groups in total. The first-order valence-electron chi connectivity index (χ1n) is 8.04. The van der Waals surface area contributed by atoms with Gasteiger partial charge in [0.25, 0.3) is 0 Å². The summed E-state index contributed by atoms with van der Waals surface area (Å²) in [5, 5.41) is 0. The quantitative estimate of drug-likeness (QED) is 0.362. The molecule has 0 aliphatic heterocycles. The first-order valence-corrected chi connectivity index (χ1v) is 8.84. The number of hydrogen-bond donors (Lipinski definition) is 0. The molecular weight excluding hydrogens is 392 g/mol. The molecular formula is C22H17BrO3. The summed E-state index contributed by atoms with van der Waals surface area (Å²) in [6.45, 7) is 0. The Balaban J connectivity index is 1.76. The molecule has 3 rings (SSSR count). The van der Waals surface area contributed by atoms with Crippen molar-refractivity contribution in [1.82, 2.24) is 0 Å². The van der Waals surface area contributed by atoms with E-state index in [1.165, 1.54) is 0 Å². The fourth-order valence-electron chi connectivity index (χ4n) is 2.37. The number of carbonyl (C=O) groups excluding carboxylic acids is 1. The van der Waals surface area contributed by atoms with Crippen LogP contribution in [0.3, 0.4) is 0 Å². The molecule has 3 aromatic carbocycles. The molecule has 26 heavy (non-hydrogen) atoms. The fourth-order valence-corrected chi connectivity index (χ4v) is 2.63. The highest BCUT2D eigenvalue weighted by atomic mass is 79.9. The lowest BCUT2D eigenvalue weighted by atomic mass is 10.1. The number of benzene rings is 3. The predicted octanol–water partition coefficient (Wildman–Crippen LogP) is 6.15. The molecule has 4 heteroatoms. The summed E-state index contributed by atoms with van der Waals surface area (Å²) in [5.41, 5.74) is 1.49. The minimum Gasteiger partial charge on any atom is -0.493 e. The zero-order valence-corrected chi connectivity index (χ0v) is 15.8. The number of ether oxygens (including phenoxy) is 2. The van der Waals surface area contributed by atoms with Crippen LogP contribution in [0.25, 0.3) is 6.08 Å². The van der Waals surface area contributed by atoms with Gasteiger partial charge in [-0.25, -0.2) is 0 Å². The van der Waals surface area contributed by atoms with Crippen LogP contribution in [-0.2, 0) is 0 Å². The van der Waals surface area contributed by atoms with Gasteiger partial charge in [-0.3, -0.25) is 4.79 Å². The van der Waals surface area contributed by atoms with Crippen molar-refractivity contribution in [2.45, 2.75) is 0 Å². The van der Waals surface area contributed by atoms with E-state index in [2.05, 4.69) is 15.9 Å². The summed E-state index contributed by atoms with van der Waals surface area (Å²) in [6, 6.07) is 22.3. The molecule has 130 valence electrons. The number of methoxy groups -OCH3 is 1. The van der Waals surface area contributed by atoms with Gasteiger partial charge >= 0.3 is 0 Å². The Kier molecular flexibility index (Phi) is 5.87. The highest BCUT2D eigenvalue weighted by Crippen LogP contribution is 2.32. The summed E-state index contributed by atoms with van der Waals surface area (Å²) in [7, 11) is 1.59. The van der Waals surface area contributed by atoms with Gasteiger partial charge in [0.2, 0.25) is 0 Å². The minimum absolute atomic E-state index is 0.0546. The standard InChI is InChI=1S/C22H17BrO3/c1-25-22-15-16(7-13-20(24)17-9-11-18(23)12-10-17)8-14-21(22)26-19-5-3-2-4-6-19/h2-15H,1H3/b13-7+. The second-order valence-corrected chi connectivity index (χ2v) is 6.45. The zero-order valence-electron chi connectivity index (χ0n) is 14.2. The van der Waals surface area contributed by atoms with E-state index in [-0.39, 0.29) is 5.78 Å². The molecule has 0 saturated carbocycles. The number of hydrogen-bond acceptors (Lipinski definition) is 3. The number of carbonyl (C=O) groups is 1. The monoisotopic (exact) mass is 408 g/mol. The van der Waals surface area contributed by atoms with E-state index < -0.39 is 0 Å². The molecule has 0 aliphatic rings. The molecule has 0 spiro atoms. The van der Waals surface area contributed by atoms with Gasteiger partial charge in [0, 0.05) is 10.0 Å². The molecule has 0 saturated heterocycles. The third-order valence-corrected chi connectivity index (χ3v) is 4.24. The SMILES string of the molecule is COc1cc(/C=C/C(=O)c2ccc(Br)cc2)ccc1Oc1ccccc1. The van der Waals surface area contributed by atoms with Crippen LogP contribution >= 0.6 is 15.9 Å². The summed E-state index contributed by atoms with van der Waals surface area (Å²) >= 11 is 3.36. The van der Waals surface area contributed by atoms with Gasteiger partial charge in [0.05, 0.1) is 7.11 Å². The molecule has 0 bridgehead atoms. The number of para-hydroxylation sites is 1. The minimum atomic E-state index is -0.0546. The van der Waals surface area contributed by atoms with E-state index in [4.69, 9.17) is 9.47 Å². The molecule has 3 nitrogen and oxygen atoms in total. The number of rotatable bonds is 6. The van der Waals surface area contributed by atoms with Crippen molar-refractivity contribution >= 4 is 27.8 Å². The highest BCUT2D eigenvalue weighted by molar-refractivity contribution is 9.10. The van der Waals surface area contributed by atoms with Crippen LogP contribution in [0.2, 0.25) is 0 Å². The number of halogens is 1. The highest BCUT2D eigenvalue weighted by Gasteiger charge is 2.07. The average molecular weight is 409 g/mol. The van der Waals surface area contributed by atoms with Gasteiger partial charge < -0.3 is 9.47 Å². The Labute approximate surface area is 161 Å². The largest absolute Gasteiger partial charge is 0.493 e. The lowest BCUT2D eigenvalue weighted by Crippen LogP contribution is -1.94. The molecule has 0 fully saturated rings. The van der Waals surface area contributed by atoms with Crippen molar-refractivity contribution in [2.24, 2.45) is 0 Å². The molecule has 3 aromatic rings. The smallest absolute Gasteiger partial charge is 0.185 e. The van der Waals surface area contributed by atoms with Crippen LogP contribution in [0.4, 0.5) is 0 Å². The first kappa shape index (κ1) is 18.0. The second-order valence-electron chi connectivity index (χ2n) is 5.53. The topological polar surface area (TPSA) is 35.5 Å². The van der Waals surface area contributed by atoms with E-state index in [0.29, 0.717) is 17.1 Å². The Hall–Kier alpha value is -2.85. The van der Waals surface area contributed by atoms with E-state index in [9.17, 15) is 4.79 Å². The van der Waals surface area contributed by atoms with Crippen molar-refractivity contribution < 1.29 is 14.3 Å². The predicted molar refractivity (Wildman–Crippen MR) is 107 cm³/mol. The van der Waals surface area contributed by atoms with Crippen molar-refractivity contribution in [3.05, 3.63) is 94.5 Å². The molecule has 0 unspecified atom stereocenters. The van der Waals surface area contributed by atoms with Crippen molar-refractivity contribution in [3.63, 3.8) is 0 Å². The second kappa shape index (κ2) is 8.50. The Bertz CT molecular complexity index is 916. The molecule has 0 heterocycles. The van der Waals surface area contributed by atoms with Crippen LogP contribution in [0.15, 0.2) is 83.3 Å². The third-order valence-electron chi connectivity index (χ3n) is 3.71. The van der Waals surface area contributed by atoms with Crippen molar-refractivity contribution in [2.75, 3.05) is 7.11 Å². The lowest BCUT2D eigenvalue weighted by Gasteiger charge is -2.10. The van der Waals surface area contributed by atoms with Gasteiger partial charge in [-0.2, -0.15) is 0 Å². The molecule has 0 aromatic heterocycles. The van der Waals surface area contributed by atoms with Gasteiger partial charge in [0.15, 0.2) is 17.3 Å². The third kappa shape index (κ3) is 4.61. The van der Waals surface area contributed by atoms with E-state index >= 15 is 0 Å². The van der Waals surface area contributed by atoms with Crippen LogP contribution in [-0.4, -0.2) is 12.9 Å². The van der Waals surface area contributed by atoms with Crippen LogP contribution < -0.4 is 9.47 Å². The van der Waals surface area contributed by atoms with Crippen LogP contribution in [0.1, 0.15) is 15.9 Å². The Morgan fingerprint density at radius 1 is 0.923 bits per heavy atom. The summed E-state index contributed by atoms with van der Waals surface area (Å²) < 4.78 is 12.2. The maximum atomic E-state index is 12.2. The maximum absolute atomic E-state index is 12.2. The summed E-state index contributed by atoms with van der Waals surface area (Å²) in [5.74, 6) is 1.91. The van der Waals surface area contributed by atoms with Crippen LogP contribution in [0, 0.1) is 0 Å². The Morgan fingerprint density at radius 2 is 1.65 bits per heavy atom. The molecule has 0 aliphatic carbocycles. The van der Waals surface area contributed by atoms with Crippen molar-refractivity contribution in [1.29, 1.82) is 0 Å². The molecule has 0 amide bonds. The lowest BCUT2D eigenvalue weighted by molar-refractivity contribution is 0.104. The van der Waals surface area contributed by atoms with E-state index in [1.807, 2.05) is 60.7 Å². The van der Waals surface area contributed by atoms with Gasteiger partial charge in [-0.1, -0.05) is 46.3 Å². The fraction of sp³-hybridized carbons (Fsp3) is 0.0455. The van der Waals surface area contributed by atoms with Gasteiger partial charge in [0.1, 0.15) is 5.75 Å². The number of ketones is 1.